The van der Waals surface area contributed by atoms with Crippen LogP contribution in [0.1, 0.15) is 25.7 Å². The summed E-state index contributed by atoms with van der Waals surface area (Å²) in [5, 5.41) is 12.0. The Labute approximate surface area is 84.2 Å². The zero-order valence-electron chi connectivity index (χ0n) is 8.33. The molecule has 2 fully saturated rings. The van der Waals surface area contributed by atoms with Crippen LogP contribution in [0.3, 0.4) is 0 Å². The third kappa shape index (κ3) is 1.82. The van der Waals surface area contributed by atoms with E-state index in [9.17, 15) is 4.79 Å². The predicted octanol–water partition coefficient (Wildman–Crippen LogP) is 1.41. The number of aliphatic carboxylic acids is 1. The van der Waals surface area contributed by atoms with E-state index in [4.69, 9.17) is 5.11 Å². The van der Waals surface area contributed by atoms with E-state index in [0.29, 0.717) is 12.6 Å². The highest BCUT2D eigenvalue weighted by molar-refractivity contribution is 5.86. The van der Waals surface area contributed by atoms with Crippen molar-refractivity contribution in [2.24, 2.45) is 11.8 Å². The van der Waals surface area contributed by atoms with E-state index in [1.807, 2.05) is 0 Å². The van der Waals surface area contributed by atoms with E-state index in [0.717, 1.165) is 11.8 Å². The van der Waals surface area contributed by atoms with Gasteiger partial charge in [0.25, 0.3) is 0 Å². The average molecular weight is 195 g/mol. The number of hydrogen-bond donors (Lipinski definition) is 2. The summed E-state index contributed by atoms with van der Waals surface area (Å²) in [5.41, 5.74) is 0.271. The first-order chi connectivity index (χ1) is 6.66. The van der Waals surface area contributed by atoms with Crippen LogP contribution in [0.4, 0.5) is 0 Å². The van der Waals surface area contributed by atoms with Crippen molar-refractivity contribution in [3.05, 3.63) is 12.2 Å². The molecule has 2 aliphatic rings. The molecule has 2 aliphatic carbocycles. The fourth-order valence-corrected chi connectivity index (χ4v) is 2.82. The highest BCUT2D eigenvalue weighted by Gasteiger charge is 2.39. The van der Waals surface area contributed by atoms with Gasteiger partial charge in [-0.25, -0.2) is 4.79 Å². The molecule has 0 saturated heterocycles. The molecule has 0 spiro atoms. The minimum absolute atomic E-state index is 0.271. The normalized spacial score (nSPS) is 34.7. The van der Waals surface area contributed by atoms with Crippen LogP contribution in [-0.4, -0.2) is 23.7 Å². The predicted molar refractivity (Wildman–Crippen MR) is 54.0 cm³/mol. The van der Waals surface area contributed by atoms with Crippen molar-refractivity contribution >= 4 is 5.97 Å². The number of nitrogens with one attached hydrogen (secondary N) is 1. The van der Waals surface area contributed by atoms with Gasteiger partial charge in [0.05, 0.1) is 0 Å². The zero-order chi connectivity index (χ0) is 10.1. The molecule has 0 aliphatic heterocycles. The Morgan fingerprint density at radius 3 is 2.71 bits per heavy atom. The van der Waals surface area contributed by atoms with Crippen molar-refractivity contribution in [1.82, 2.24) is 5.32 Å². The Kier molecular flexibility index (Phi) is 2.59. The largest absolute Gasteiger partial charge is 0.478 e. The summed E-state index contributed by atoms with van der Waals surface area (Å²) in [6.07, 6.45) is 5.28. The van der Waals surface area contributed by atoms with Gasteiger partial charge in [-0.1, -0.05) is 13.0 Å². The van der Waals surface area contributed by atoms with Gasteiger partial charge in [0.15, 0.2) is 0 Å². The van der Waals surface area contributed by atoms with Crippen LogP contribution in [0, 0.1) is 11.8 Å². The highest BCUT2D eigenvalue weighted by atomic mass is 16.4. The lowest BCUT2D eigenvalue weighted by Crippen LogP contribution is -2.35. The first-order valence-corrected chi connectivity index (χ1v) is 5.31. The molecule has 3 unspecified atom stereocenters. The molecule has 2 bridgehead atoms. The molecule has 3 nitrogen and oxygen atoms in total. The molecule has 3 heteroatoms. The number of carboxylic acids is 1. The third-order valence-electron chi connectivity index (χ3n) is 3.62. The van der Waals surface area contributed by atoms with Gasteiger partial charge in [-0.05, 0) is 31.1 Å². The van der Waals surface area contributed by atoms with Crippen molar-refractivity contribution in [2.75, 3.05) is 6.54 Å². The van der Waals surface area contributed by atoms with E-state index in [2.05, 4.69) is 11.9 Å². The van der Waals surface area contributed by atoms with Crippen LogP contribution in [0.2, 0.25) is 0 Å². The second kappa shape index (κ2) is 3.73. The summed E-state index contributed by atoms with van der Waals surface area (Å²) < 4.78 is 0. The molecule has 3 atom stereocenters. The smallest absolute Gasteiger partial charge is 0.332 e. The summed E-state index contributed by atoms with van der Waals surface area (Å²) in [5.74, 6) is 0.804. The Balaban J connectivity index is 1.77. The average Bonchev–Trinajstić information content (AvgIpc) is 2.74. The van der Waals surface area contributed by atoms with Crippen LogP contribution in [0.15, 0.2) is 12.2 Å². The van der Waals surface area contributed by atoms with Crippen LogP contribution >= 0.6 is 0 Å². The lowest BCUT2D eigenvalue weighted by atomic mass is 9.95. The van der Waals surface area contributed by atoms with Crippen LogP contribution in [0.5, 0.6) is 0 Å². The molecule has 0 aromatic rings. The number of rotatable bonds is 4. The maximum absolute atomic E-state index is 10.5. The van der Waals surface area contributed by atoms with Gasteiger partial charge in [-0.15, -0.1) is 0 Å². The fourth-order valence-electron chi connectivity index (χ4n) is 2.82. The SMILES string of the molecule is C=C(CNC1CC2CCC1C2)C(=O)O. The van der Waals surface area contributed by atoms with Crippen LogP contribution in [-0.2, 0) is 4.79 Å². The Bertz CT molecular complexity index is 262. The number of carbonyl (C=O) groups is 1. The number of fused-ring (bicyclic) bond motifs is 2. The molecule has 2 rings (SSSR count). The molecule has 0 aromatic carbocycles. The van der Waals surface area contributed by atoms with Gasteiger partial charge in [0, 0.05) is 18.2 Å². The van der Waals surface area contributed by atoms with E-state index in [-0.39, 0.29) is 5.57 Å². The quantitative estimate of drug-likeness (QED) is 0.667. The van der Waals surface area contributed by atoms with Crippen LogP contribution < -0.4 is 5.32 Å². The summed E-state index contributed by atoms with van der Waals surface area (Å²) in [7, 11) is 0. The molecule has 2 N–H and O–H groups in total. The topological polar surface area (TPSA) is 49.3 Å². The van der Waals surface area contributed by atoms with E-state index in [1.54, 1.807) is 0 Å². The van der Waals surface area contributed by atoms with Gasteiger partial charge < -0.3 is 10.4 Å². The van der Waals surface area contributed by atoms with Crippen molar-refractivity contribution in [3.63, 3.8) is 0 Å². The lowest BCUT2D eigenvalue weighted by Gasteiger charge is -2.22. The lowest BCUT2D eigenvalue weighted by molar-refractivity contribution is -0.132. The minimum atomic E-state index is -0.888. The first kappa shape index (κ1) is 9.71. The number of hydrogen-bond acceptors (Lipinski definition) is 2. The van der Waals surface area contributed by atoms with E-state index in [1.165, 1.54) is 25.7 Å². The van der Waals surface area contributed by atoms with Gasteiger partial charge in [0.1, 0.15) is 0 Å². The molecule has 78 valence electrons. The minimum Gasteiger partial charge on any atom is -0.478 e. The van der Waals surface area contributed by atoms with Gasteiger partial charge in [0.2, 0.25) is 0 Å². The molecule has 2 saturated carbocycles. The zero-order valence-corrected chi connectivity index (χ0v) is 8.33. The van der Waals surface area contributed by atoms with Gasteiger partial charge in [-0.2, -0.15) is 0 Å². The highest BCUT2D eigenvalue weighted by Crippen LogP contribution is 2.44. The monoisotopic (exact) mass is 195 g/mol. The summed E-state index contributed by atoms with van der Waals surface area (Å²) >= 11 is 0. The summed E-state index contributed by atoms with van der Waals surface area (Å²) in [4.78, 5) is 10.5. The maximum Gasteiger partial charge on any atom is 0.332 e. The Morgan fingerprint density at radius 2 is 2.21 bits per heavy atom. The summed E-state index contributed by atoms with van der Waals surface area (Å²) in [6.45, 7) is 3.95. The van der Waals surface area contributed by atoms with Gasteiger partial charge in [-0.3, -0.25) is 0 Å². The number of carboxylic acid groups (broad SMARTS) is 1. The second-order valence-corrected chi connectivity index (χ2v) is 4.57. The van der Waals surface area contributed by atoms with Crippen molar-refractivity contribution in [2.45, 2.75) is 31.7 Å². The summed E-state index contributed by atoms with van der Waals surface area (Å²) in [6, 6.07) is 0.546. The molecule has 0 aromatic heterocycles. The van der Waals surface area contributed by atoms with Crippen molar-refractivity contribution < 1.29 is 9.90 Å². The molecular formula is C11H17NO2. The third-order valence-corrected chi connectivity index (χ3v) is 3.62. The maximum atomic E-state index is 10.5. The van der Waals surface area contributed by atoms with Crippen molar-refractivity contribution in [3.8, 4) is 0 Å². The fraction of sp³-hybridized carbons (Fsp3) is 0.727. The standard InChI is InChI=1S/C11H17NO2/c1-7(11(13)14)6-12-10-5-8-2-3-9(10)4-8/h8-10,12H,1-6H2,(H,13,14). The first-order valence-electron chi connectivity index (χ1n) is 5.31. The van der Waals surface area contributed by atoms with E-state index >= 15 is 0 Å². The van der Waals surface area contributed by atoms with Gasteiger partial charge >= 0.3 is 5.97 Å². The molecule has 0 radical (unpaired) electrons. The Hall–Kier alpha value is -0.830. The molecular weight excluding hydrogens is 178 g/mol. The van der Waals surface area contributed by atoms with Crippen molar-refractivity contribution in [1.29, 1.82) is 0 Å². The molecule has 0 amide bonds. The molecule has 14 heavy (non-hydrogen) atoms. The van der Waals surface area contributed by atoms with Crippen LogP contribution in [0.25, 0.3) is 0 Å². The second-order valence-electron chi connectivity index (χ2n) is 4.57. The Morgan fingerprint density at radius 1 is 1.43 bits per heavy atom. The molecule has 0 heterocycles. The van der Waals surface area contributed by atoms with E-state index < -0.39 is 5.97 Å².